The Bertz CT molecular complexity index is 516. The van der Waals surface area contributed by atoms with Gasteiger partial charge in [0.2, 0.25) is 0 Å². The van der Waals surface area contributed by atoms with Gasteiger partial charge in [-0.2, -0.15) is 0 Å². The minimum atomic E-state index is -0.0989. The summed E-state index contributed by atoms with van der Waals surface area (Å²) in [6.07, 6.45) is 0. The van der Waals surface area contributed by atoms with Crippen LogP contribution in [-0.2, 0) is 4.74 Å². The molecule has 1 aliphatic rings. The van der Waals surface area contributed by atoms with Crippen molar-refractivity contribution in [3.63, 3.8) is 0 Å². The highest BCUT2D eigenvalue weighted by atomic mass is 16.5. The molecule has 1 aromatic rings. The molecule has 1 saturated heterocycles. The van der Waals surface area contributed by atoms with Gasteiger partial charge in [0.05, 0.1) is 19.3 Å². The molecule has 0 saturated carbocycles. The number of nitrogens with zero attached hydrogens (tertiary/aromatic N) is 2. The molecule has 146 valence electrons. The lowest BCUT2D eigenvalue weighted by atomic mass is 10.1. The van der Waals surface area contributed by atoms with Gasteiger partial charge < -0.3 is 15.4 Å². The minimum Gasteiger partial charge on any atom is -0.379 e. The van der Waals surface area contributed by atoms with Gasteiger partial charge in [-0.25, -0.2) is 4.79 Å². The first-order valence-electron chi connectivity index (χ1n) is 9.78. The standard InChI is InChI=1S/C20H34N4O2/c1-4-23(5-2)19(18-9-7-6-8-10-18)16-22-20(25)21-15-17(3)24-11-13-26-14-12-24/h6-10,17,19H,4-5,11-16H2,1-3H3,(H2,21,22,25). The van der Waals surface area contributed by atoms with E-state index in [1.54, 1.807) is 0 Å². The molecule has 1 fully saturated rings. The Morgan fingerprint density at radius 3 is 2.35 bits per heavy atom. The number of amides is 2. The molecule has 1 heterocycles. The van der Waals surface area contributed by atoms with Gasteiger partial charge in [0.1, 0.15) is 0 Å². The van der Waals surface area contributed by atoms with E-state index in [0.717, 1.165) is 39.4 Å². The van der Waals surface area contributed by atoms with Crippen LogP contribution in [0.1, 0.15) is 32.4 Å². The maximum Gasteiger partial charge on any atom is 0.314 e. The summed E-state index contributed by atoms with van der Waals surface area (Å²) < 4.78 is 5.38. The second-order valence-electron chi connectivity index (χ2n) is 6.74. The normalized spacial score (nSPS) is 17.7. The molecule has 0 radical (unpaired) electrons. The van der Waals surface area contributed by atoms with Gasteiger partial charge in [0, 0.05) is 32.2 Å². The molecule has 0 aromatic heterocycles. The lowest BCUT2D eigenvalue weighted by Gasteiger charge is -2.32. The van der Waals surface area contributed by atoms with Crippen molar-refractivity contribution < 1.29 is 9.53 Å². The van der Waals surface area contributed by atoms with Crippen molar-refractivity contribution in [1.82, 2.24) is 20.4 Å². The first-order chi connectivity index (χ1) is 12.7. The van der Waals surface area contributed by atoms with Crippen molar-refractivity contribution in [3.8, 4) is 0 Å². The van der Waals surface area contributed by atoms with Gasteiger partial charge in [0.25, 0.3) is 0 Å². The molecular formula is C20H34N4O2. The summed E-state index contributed by atoms with van der Waals surface area (Å²) in [7, 11) is 0. The van der Waals surface area contributed by atoms with E-state index < -0.39 is 0 Å². The zero-order valence-electron chi connectivity index (χ0n) is 16.4. The third kappa shape index (κ3) is 6.27. The Morgan fingerprint density at radius 1 is 1.12 bits per heavy atom. The number of benzene rings is 1. The van der Waals surface area contributed by atoms with Crippen LogP contribution in [0.4, 0.5) is 4.79 Å². The third-order valence-corrected chi connectivity index (χ3v) is 5.12. The largest absolute Gasteiger partial charge is 0.379 e. The number of morpholine rings is 1. The molecule has 2 amide bonds. The van der Waals surface area contributed by atoms with Crippen molar-refractivity contribution in [2.75, 3.05) is 52.5 Å². The number of hydrogen-bond acceptors (Lipinski definition) is 4. The Morgan fingerprint density at radius 2 is 1.73 bits per heavy atom. The maximum absolute atomic E-state index is 12.3. The molecule has 2 rings (SSSR count). The Labute approximate surface area is 157 Å². The Hall–Kier alpha value is -1.63. The van der Waals surface area contributed by atoms with Crippen LogP contribution in [0.3, 0.4) is 0 Å². The summed E-state index contributed by atoms with van der Waals surface area (Å²) in [5.41, 5.74) is 1.23. The van der Waals surface area contributed by atoms with Crippen LogP contribution in [-0.4, -0.2) is 74.4 Å². The van der Waals surface area contributed by atoms with Crippen LogP contribution in [0.15, 0.2) is 30.3 Å². The van der Waals surface area contributed by atoms with E-state index in [-0.39, 0.29) is 12.1 Å². The summed E-state index contributed by atoms with van der Waals surface area (Å²) in [6.45, 7) is 13.0. The van der Waals surface area contributed by atoms with Crippen molar-refractivity contribution in [2.45, 2.75) is 32.9 Å². The van der Waals surface area contributed by atoms with Crippen molar-refractivity contribution in [1.29, 1.82) is 0 Å². The Balaban J connectivity index is 1.82. The summed E-state index contributed by atoms with van der Waals surface area (Å²) in [4.78, 5) is 17.0. The van der Waals surface area contributed by atoms with E-state index in [0.29, 0.717) is 19.1 Å². The fourth-order valence-corrected chi connectivity index (χ4v) is 3.44. The lowest BCUT2D eigenvalue weighted by molar-refractivity contribution is 0.0209. The second kappa shape index (κ2) is 11.2. The molecular weight excluding hydrogens is 328 g/mol. The monoisotopic (exact) mass is 362 g/mol. The second-order valence-corrected chi connectivity index (χ2v) is 6.74. The third-order valence-electron chi connectivity index (χ3n) is 5.12. The van der Waals surface area contributed by atoms with Crippen molar-refractivity contribution >= 4 is 6.03 Å². The van der Waals surface area contributed by atoms with Crippen LogP contribution in [0.5, 0.6) is 0 Å². The number of ether oxygens (including phenoxy) is 1. The van der Waals surface area contributed by atoms with Crippen LogP contribution in [0.2, 0.25) is 0 Å². The number of carbonyl (C=O) groups is 1. The van der Waals surface area contributed by atoms with E-state index in [2.05, 4.69) is 65.5 Å². The highest BCUT2D eigenvalue weighted by Crippen LogP contribution is 2.19. The van der Waals surface area contributed by atoms with Crippen LogP contribution >= 0.6 is 0 Å². The summed E-state index contributed by atoms with van der Waals surface area (Å²) in [5, 5.41) is 6.06. The SMILES string of the molecule is CCN(CC)C(CNC(=O)NCC(C)N1CCOCC1)c1ccccc1. The zero-order chi connectivity index (χ0) is 18.8. The predicted molar refractivity (Wildman–Crippen MR) is 105 cm³/mol. The number of carbonyl (C=O) groups excluding carboxylic acids is 1. The molecule has 6 heteroatoms. The summed E-state index contributed by atoms with van der Waals surface area (Å²) in [5.74, 6) is 0. The lowest BCUT2D eigenvalue weighted by Crippen LogP contribution is -2.49. The first-order valence-corrected chi connectivity index (χ1v) is 9.78. The highest BCUT2D eigenvalue weighted by Gasteiger charge is 2.20. The van der Waals surface area contributed by atoms with Crippen LogP contribution in [0, 0.1) is 0 Å². The van der Waals surface area contributed by atoms with Crippen LogP contribution < -0.4 is 10.6 Å². The van der Waals surface area contributed by atoms with Gasteiger partial charge in [0.15, 0.2) is 0 Å². The fraction of sp³-hybridized carbons (Fsp3) is 0.650. The smallest absolute Gasteiger partial charge is 0.314 e. The molecule has 26 heavy (non-hydrogen) atoms. The number of likely N-dealkylation sites (N-methyl/N-ethyl adjacent to an activating group) is 1. The molecule has 2 unspecified atom stereocenters. The van der Waals surface area contributed by atoms with Gasteiger partial charge in [-0.15, -0.1) is 0 Å². The number of hydrogen-bond donors (Lipinski definition) is 2. The summed E-state index contributed by atoms with van der Waals surface area (Å²) in [6, 6.07) is 10.8. The quantitative estimate of drug-likeness (QED) is 0.706. The first kappa shape index (κ1) is 20.7. The number of rotatable bonds is 9. The molecule has 2 atom stereocenters. The zero-order valence-corrected chi connectivity index (χ0v) is 16.4. The van der Waals surface area contributed by atoms with E-state index in [1.807, 2.05) is 6.07 Å². The molecule has 1 aliphatic heterocycles. The van der Waals surface area contributed by atoms with Gasteiger partial charge in [-0.3, -0.25) is 9.80 Å². The molecule has 2 N–H and O–H groups in total. The van der Waals surface area contributed by atoms with Gasteiger partial charge in [-0.05, 0) is 25.6 Å². The average molecular weight is 363 g/mol. The van der Waals surface area contributed by atoms with Gasteiger partial charge in [-0.1, -0.05) is 44.2 Å². The number of urea groups is 1. The highest BCUT2D eigenvalue weighted by molar-refractivity contribution is 5.73. The van der Waals surface area contributed by atoms with Crippen molar-refractivity contribution in [3.05, 3.63) is 35.9 Å². The molecule has 6 nitrogen and oxygen atoms in total. The molecule has 0 aliphatic carbocycles. The van der Waals surface area contributed by atoms with Gasteiger partial charge >= 0.3 is 6.03 Å². The van der Waals surface area contributed by atoms with E-state index in [4.69, 9.17) is 4.74 Å². The molecule has 0 spiro atoms. The van der Waals surface area contributed by atoms with Crippen LogP contribution in [0.25, 0.3) is 0 Å². The molecule has 1 aromatic carbocycles. The fourth-order valence-electron chi connectivity index (χ4n) is 3.44. The van der Waals surface area contributed by atoms with Crippen molar-refractivity contribution in [2.24, 2.45) is 0 Å². The average Bonchev–Trinajstić information content (AvgIpc) is 2.70. The minimum absolute atomic E-state index is 0.0989. The Kier molecular flexibility index (Phi) is 8.88. The topological polar surface area (TPSA) is 56.8 Å². The predicted octanol–water partition coefficient (Wildman–Crippen LogP) is 2.09. The molecule has 0 bridgehead atoms. The van der Waals surface area contributed by atoms with E-state index >= 15 is 0 Å². The maximum atomic E-state index is 12.3. The van der Waals surface area contributed by atoms with E-state index in [9.17, 15) is 4.79 Å². The van der Waals surface area contributed by atoms with E-state index in [1.165, 1.54) is 5.56 Å². The number of nitrogens with one attached hydrogen (secondary N) is 2. The summed E-state index contributed by atoms with van der Waals surface area (Å²) >= 11 is 0.